The van der Waals surface area contributed by atoms with Crippen LogP contribution in [0.15, 0.2) is 35.1 Å². The molecule has 90 valence electrons. The molecule has 2 heterocycles. The molecule has 1 aromatic carbocycles. The minimum Gasteiger partial charge on any atom is -0.262 e. The molecule has 0 fully saturated rings. The first-order valence-corrected chi connectivity index (χ1v) is 6.45. The quantitative estimate of drug-likeness (QED) is 0.688. The maximum atomic E-state index is 6.15. The van der Waals surface area contributed by atoms with Crippen molar-refractivity contribution in [3.05, 3.63) is 45.8 Å². The van der Waals surface area contributed by atoms with E-state index in [1.54, 1.807) is 16.8 Å². The van der Waals surface area contributed by atoms with Crippen molar-refractivity contribution in [2.45, 2.75) is 6.92 Å². The van der Waals surface area contributed by atoms with Gasteiger partial charge in [0.1, 0.15) is 5.15 Å². The molecule has 2 aromatic heterocycles. The molecule has 0 bridgehead atoms. The van der Waals surface area contributed by atoms with Crippen molar-refractivity contribution in [3.63, 3.8) is 0 Å². The van der Waals surface area contributed by atoms with Gasteiger partial charge in [-0.2, -0.15) is 0 Å². The molecular formula is C12H8BrClN4. The lowest BCUT2D eigenvalue weighted by Crippen LogP contribution is -1.93. The Hall–Kier alpha value is -1.46. The van der Waals surface area contributed by atoms with Gasteiger partial charge in [-0.1, -0.05) is 29.8 Å². The average molecular weight is 324 g/mol. The summed E-state index contributed by atoms with van der Waals surface area (Å²) in [5.74, 6) is 0.702. The summed E-state index contributed by atoms with van der Waals surface area (Å²) in [6.07, 6.45) is 3.21. The van der Waals surface area contributed by atoms with Gasteiger partial charge in [0.2, 0.25) is 0 Å². The molecule has 0 aliphatic heterocycles. The molecule has 6 heteroatoms. The lowest BCUT2D eigenvalue weighted by molar-refractivity contribution is 1.11. The van der Waals surface area contributed by atoms with Gasteiger partial charge >= 0.3 is 0 Å². The summed E-state index contributed by atoms with van der Waals surface area (Å²) in [6.45, 7) is 2.03. The number of halogens is 2. The van der Waals surface area contributed by atoms with E-state index in [4.69, 9.17) is 11.6 Å². The predicted octanol–water partition coefficient (Wildman–Crippen LogP) is 3.52. The number of hydrogen-bond donors (Lipinski definition) is 0. The monoisotopic (exact) mass is 322 g/mol. The zero-order valence-corrected chi connectivity index (χ0v) is 11.8. The molecule has 0 aliphatic rings. The van der Waals surface area contributed by atoms with Crippen molar-refractivity contribution in [1.82, 2.24) is 19.6 Å². The number of rotatable bonds is 1. The molecule has 0 aliphatic carbocycles. The third-order valence-electron chi connectivity index (χ3n) is 2.71. The summed E-state index contributed by atoms with van der Waals surface area (Å²) >= 11 is 9.72. The molecule has 0 atom stereocenters. The Morgan fingerprint density at radius 3 is 2.89 bits per heavy atom. The first-order chi connectivity index (χ1) is 8.68. The van der Waals surface area contributed by atoms with Crippen molar-refractivity contribution in [3.8, 4) is 11.4 Å². The largest absolute Gasteiger partial charge is 0.262 e. The highest BCUT2D eigenvalue weighted by Gasteiger charge is 2.14. The van der Waals surface area contributed by atoms with Crippen molar-refractivity contribution in [2.75, 3.05) is 0 Å². The van der Waals surface area contributed by atoms with Gasteiger partial charge in [-0.15, -0.1) is 10.2 Å². The molecule has 0 N–H and O–H groups in total. The van der Waals surface area contributed by atoms with Crippen molar-refractivity contribution >= 4 is 33.2 Å². The molecule has 4 nitrogen and oxygen atoms in total. The standard InChI is InChI=1S/C12H8BrClN4/c1-7-3-2-4-8(11(7)13)12-17-16-10-6-15-5-9(14)18(10)12/h2-6H,1H3. The van der Waals surface area contributed by atoms with Gasteiger partial charge in [-0.3, -0.25) is 9.38 Å². The zero-order valence-electron chi connectivity index (χ0n) is 9.43. The molecular weight excluding hydrogens is 316 g/mol. The summed E-state index contributed by atoms with van der Waals surface area (Å²) in [6, 6.07) is 5.98. The molecule has 0 amide bonds. The minimum atomic E-state index is 0.487. The highest BCUT2D eigenvalue weighted by Crippen LogP contribution is 2.30. The van der Waals surface area contributed by atoms with Crippen LogP contribution in [0.25, 0.3) is 17.0 Å². The van der Waals surface area contributed by atoms with Crippen LogP contribution in [0.4, 0.5) is 0 Å². The van der Waals surface area contributed by atoms with Gasteiger partial charge in [-0.05, 0) is 28.4 Å². The van der Waals surface area contributed by atoms with E-state index >= 15 is 0 Å². The van der Waals surface area contributed by atoms with Crippen molar-refractivity contribution in [1.29, 1.82) is 0 Å². The maximum absolute atomic E-state index is 6.15. The van der Waals surface area contributed by atoms with Crippen LogP contribution in [0.2, 0.25) is 5.15 Å². The van der Waals surface area contributed by atoms with Crippen LogP contribution in [0.1, 0.15) is 5.56 Å². The van der Waals surface area contributed by atoms with Gasteiger partial charge in [0, 0.05) is 10.0 Å². The van der Waals surface area contributed by atoms with Crippen LogP contribution in [-0.4, -0.2) is 19.6 Å². The number of nitrogens with zero attached hydrogens (tertiary/aromatic N) is 4. The second kappa shape index (κ2) is 4.33. The number of benzene rings is 1. The first-order valence-electron chi connectivity index (χ1n) is 5.28. The van der Waals surface area contributed by atoms with E-state index in [9.17, 15) is 0 Å². The van der Waals surface area contributed by atoms with Gasteiger partial charge in [0.25, 0.3) is 0 Å². The molecule has 0 radical (unpaired) electrons. The van der Waals surface area contributed by atoms with Gasteiger partial charge < -0.3 is 0 Å². The SMILES string of the molecule is Cc1cccc(-c2nnc3cncc(Cl)n23)c1Br. The van der Waals surface area contributed by atoms with Crippen LogP contribution in [0.5, 0.6) is 0 Å². The van der Waals surface area contributed by atoms with E-state index in [-0.39, 0.29) is 0 Å². The average Bonchev–Trinajstić information content (AvgIpc) is 2.78. The van der Waals surface area contributed by atoms with E-state index in [0.717, 1.165) is 15.6 Å². The van der Waals surface area contributed by atoms with Gasteiger partial charge in [0.15, 0.2) is 11.5 Å². The second-order valence-corrected chi connectivity index (χ2v) is 5.06. The fraction of sp³-hybridized carbons (Fsp3) is 0.0833. The summed E-state index contributed by atoms with van der Waals surface area (Å²) in [5.41, 5.74) is 2.72. The smallest absolute Gasteiger partial charge is 0.180 e. The minimum absolute atomic E-state index is 0.487. The van der Waals surface area contributed by atoms with Crippen LogP contribution >= 0.6 is 27.5 Å². The Balaban J connectivity index is 2.36. The molecule has 0 saturated heterocycles. The fourth-order valence-corrected chi connectivity index (χ4v) is 2.47. The molecule has 18 heavy (non-hydrogen) atoms. The summed E-state index contributed by atoms with van der Waals surface area (Å²) < 4.78 is 2.76. The topological polar surface area (TPSA) is 43.1 Å². The Morgan fingerprint density at radius 1 is 1.22 bits per heavy atom. The van der Waals surface area contributed by atoms with E-state index in [1.165, 1.54) is 0 Å². The normalized spacial score (nSPS) is 11.1. The second-order valence-electron chi connectivity index (χ2n) is 3.88. The predicted molar refractivity (Wildman–Crippen MR) is 73.7 cm³/mol. The highest BCUT2D eigenvalue weighted by atomic mass is 79.9. The summed E-state index contributed by atoms with van der Waals surface area (Å²) in [5, 5.41) is 8.75. The summed E-state index contributed by atoms with van der Waals surface area (Å²) in [4.78, 5) is 3.99. The number of aryl methyl sites for hydroxylation is 1. The van der Waals surface area contributed by atoms with E-state index in [1.807, 2.05) is 25.1 Å². The molecule has 3 aromatic rings. The van der Waals surface area contributed by atoms with Crippen molar-refractivity contribution < 1.29 is 0 Å². The number of hydrogen-bond acceptors (Lipinski definition) is 3. The third kappa shape index (κ3) is 1.71. The zero-order chi connectivity index (χ0) is 12.7. The van der Waals surface area contributed by atoms with Crippen LogP contribution in [0.3, 0.4) is 0 Å². The highest BCUT2D eigenvalue weighted by molar-refractivity contribution is 9.10. The van der Waals surface area contributed by atoms with Crippen LogP contribution in [0, 0.1) is 6.92 Å². The summed E-state index contributed by atoms with van der Waals surface area (Å²) in [7, 11) is 0. The molecule has 0 unspecified atom stereocenters. The lowest BCUT2D eigenvalue weighted by atomic mass is 10.1. The Kier molecular flexibility index (Phi) is 2.80. The Morgan fingerprint density at radius 2 is 2.06 bits per heavy atom. The Labute approximate surface area is 117 Å². The number of aromatic nitrogens is 4. The van der Waals surface area contributed by atoms with Crippen LogP contribution < -0.4 is 0 Å². The Bertz CT molecular complexity index is 738. The molecule has 3 rings (SSSR count). The fourth-order valence-electron chi connectivity index (χ4n) is 1.81. The number of fused-ring (bicyclic) bond motifs is 1. The maximum Gasteiger partial charge on any atom is 0.180 e. The van der Waals surface area contributed by atoms with E-state index < -0.39 is 0 Å². The molecule has 0 saturated carbocycles. The van der Waals surface area contributed by atoms with E-state index in [0.29, 0.717) is 16.6 Å². The lowest BCUT2D eigenvalue weighted by Gasteiger charge is -2.06. The van der Waals surface area contributed by atoms with Gasteiger partial charge in [0.05, 0.1) is 12.4 Å². The van der Waals surface area contributed by atoms with Gasteiger partial charge in [-0.25, -0.2) is 0 Å². The first kappa shape index (κ1) is 11.6. The van der Waals surface area contributed by atoms with Crippen LogP contribution in [-0.2, 0) is 0 Å². The third-order valence-corrected chi connectivity index (χ3v) is 4.02. The molecule has 0 spiro atoms. The van der Waals surface area contributed by atoms with Crippen molar-refractivity contribution in [2.24, 2.45) is 0 Å². The van der Waals surface area contributed by atoms with E-state index in [2.05, 4.69) is 31.1 Å².